The normalized spacial score (nSPS) is 10.7. The average molecular weight is 300 g/mol. The fourth-order valence-electron chi connectivity index (χ4n) is 2.08. The van der Waals surface area contributed by atoms with Gasteiger partial charge in [0.05, 0.1) is 6.54 Å². The molecule has 2 aromatic carbocycles. The van der Waals surface area contributed by atoms with Crippen molar-refractivity contribution in [2.24, 2.45) is 0 Å². The molecule has 0 aliphatic carbocycles. The average Bonchev–Trinajstić information content (AvgIpc) is 2.50. The fourth-order valence-corrected chi connectivity index (χ4v) is 2.08. The first-order valence-electron chi connectivity index (χ1n) is 7.39. The molecule has 0 aromatic heterocycles. The van der Waals surface area contributed by atoms with Gasteiger partial charge in [0.15, 0.2) is 0 Å². The third-order valence-corrected chi connectivity index (χ3v) is 3.39. The number of carbonyl (C=O) groups excluding carboxylic acids is 1. The Labute approximate surface area is 130 Å². The Bertz CT molecular complexity index is 606. The van der Waals surface area contributed by atoms with Crippen LogP contribution in [0.15, 0.2) is 48.5 Å². The van der Waals surface area contributed by atoms with E-state index in [0.717, 1.165) is 11.3 Å². The molecule has 2 rings (SSSR count). The van der Waals surface area contributed by atoms with Crippen LogP contribution in [0.25, 0.3) is 0 Å². The van der Waals surface area contributed by atoms with Gasteiger partial charge in [-0.2, -0.15) is 0 Å². The van der Waals surface area contributed by atoms with Crippen molar-refractivity contribution in [1.29, 1.82) is 0 Å². The summed E-state index contributed by atoms with van der Waals surface area (Å²) < 4.78 is 12.8. The van der Waals surface area contributed by atoms with Gasteiger partial charge in [0, 0.05) is 12.2 Å². The van der Waals surface area contributed by atoms with E-state index in [2.05, 4.69) is 24.5 Å². The van der Waals surface area contributed by atoms with Crippen LogP contribution in [-0.2, 0) is 11.3 Å². The largest absolute Gasteiger partial charge is 0.325 e. The van der Waals surface area contributed by atoms with Crippen molar-refractivity contribution in [3.63, 3.8) is 0 Å². The highest BCUT2D eigenvalue weighted by Gasteiger charge is 2.03. The van der Waals surface area contributed by atoms with Crippen LogP contribution < -0.4 is 10.6 Å². The van der Waals surface area contributed by atoms with Gasteiger partial charge in [-0.05, 0) is 41.3 Å². The van der Waals surface area contributed by atoms with Gasteiger partial charge in [-0.3, -0.25) is 4.79 Å². The maximum Gasteiger partial charge on any atom is 0.238 e. The second-order valence-corrected chi connectivity index (χ2v) is 5.55. The second kappa shape index (κ2) is 7.71. The van der Waals surface area contributed by atoms with Gasteiger partial charge in [0.2, 0.25) is 5.91 Å². The maximum atomic E-state index is 12.8. The summed E-state index contributed by atoms with van der Waals surface area (Å²) in [6.45, 7) is 5.00. The zero-order chi connectivity index (χ0) is 15.9. The fraction of sp³-hybridized carbons (Fsp3) is 0.278. The van der Waals surface area contributed by atoms with Crippen molar-refractivity contribution < 1.29 is 9.18 Å². The van der Waals surface area contributed by atoms with E-state index in [9.17, 15) is 9.18 Å². The first-order valence-corrected chi connectivity index (χ1v) is 7.39. The van der Waals surface area contributed by atoms with E-state index in [1.165, 1.54) is 17.7 Å². The summed E-state index contributed by atoms with van der Waals surface area (Å²) in [6, 6.07) is 14.1. The number of benzene rings is 2. The lowest BCUT2D eigenvalue weighted by Crippen LogP contribution is -2.27. The van der Waals surface area contributed by atoms with Crippen LogP contribution in [0.2, 0.25) is 0 Å². The monoisotopic (exact) mass is 300 g/mol. The SMILES string of the molecule is CC(C)c1ccc(NC(=O)CNCc2ccc(F)cc2)cc1. The molecular weight excluding hydrogens is 279 g/mol. The predicted octanol–water partition coefficient (Wildman–Crippen LogP) is 3.68. The third kappa shape index (κ3) is 4.97. The number of halogens is 1. The van der Waals surface area contributed by atoms with Gasteiger partial charge in [0.25, 0.3) is 0 Å². The lowest BCUT2D eigenvalue weighted by Gasteiger charge is -2.09. The number of hydrogen-bond acceptors (Lipinski definition) is 2. The van der Waals surface area contributed by atoms with Crippen molar-refractivity contribution >= 4 is 11.6 Å². The summed E-state index contributed by atoms with van der Waals surface area (Å²) >= 11 is 0. The summed E-state index contributed by atoms with van der Waals surface area (Å²) in [5.74, 6) is 0.118. The number of carbonyl (C=O) groups is 1. The molecular formula is C18H21FN2O. The molecule has 0 unspecified atom stereocenters. The van der Waals surface area contributed by atoms with Crippen molar-refractivity contribution in [3.05, 3.63) is 65.5 Å². The molecule has 3 nitrogen and oxygen atoms in total. The van der Waals surface area contributed by atoms with E-state index in [0.29, 0.717) is 12.5 Å². The molecule has 0 fully saturated rings. The Morgan fingerprint density at radius 1 is 1.05 bits per heavy atom. The van der Waals surface area contributed by atoms with Crippen LogP contribution in [0.1, 0.15) is 30.9 Å². The molecule has 0 saturated heterocycles. The molecule has 0 heterocycles. The number of nitrogens with one attached hydrogen (secondary N) is 2. The van der Waals surface area contributed by atoms with E-state index in [4.69, 9.17) is 0 Å². The van der Waals surface area contributed by atoms with Gasteiger partial charge in [-0.15, -0.1) is 0 Å². The number of hydrogen-bond donors (Lipinski definition) is 2. The van der Waals surface area contributed by atoms with Gasteiger partial charge in [-0.1, -0.05) is 38.1 Å². The smallest absolute Gasteiger partial charge is 0.238 e. The van der Waals surface area contributed by atoms with E-state index < -0.39 is 0 Å². The van der Waals surface area contributed by atoms with E-state index >= 15 is 0 Å². The van der Waals surface area contributed by atoms with Gasteiger partial charge < -0.3 is 10.6 Å². The van der Waals surface area contributed by atoms with E-state index in [-0.39, 0.29) is 18.3 Å². The minimum Gasteiger partial charge on any atom is -0.325 e. The molecule has 0 spiro atoms. The maximum absolute atomic E-state index is 12.8. The van der Waals surface area contributed by atoms with Gasteiger partial charge >= 0.3 is 0 Å². The number of amides is 1. The zero-order valence-corrected chi connectivity index (χ0v) is 12.9. The standard InChI is InChI=1S/C18H21FN2O/c1-13(2)15-5-9-17(10-6-15)21-18(22)12-20-11-14-3-7-16(19)8-4-14/h3-10,13,20H,11-12H2,1-2H3,(H,21,22). The number of anilines is 1. The Kier molecular flexibility index (Phi) is 5.67. The van der Waals surface area contributed by atoms with Crippen LogP contribution >= 0.6 is 0 Å². The molecule has 2 N–H and O–H groups in total. The molecule has 0 aliphatic rings. The summed E-state index contributed by atoms with van der Waals surface area (Å²) in [5.41, 5.74) is 2.97. The highest BCUT2D eigenvalue weighted by molar-refractivity contribution is 5.92. The molecule has 0 radical (unpaired) electrons. The Balaban J connectivity index is 1.76. The van der Waals surface area contributed by atoms with Crippen LogP contribution in [-0.4, -0.2) is 12.5 Å². The lowest BCUT2D eigenvalue weighted by atomic mass is 10.0. The summed E-state index contributed by atoms with van der Waals surface area (Å²) in [7, 11) is 0. The number of rotatable bonds is 6. The molecule has 0 saturated carbocycles. The van der Waals surface area contributed by atoms with Crippen molar-refractivity contribution in [2.45, 2.75) is 26.3 Å². The highest BCUT2D eigenvalue weighted by Crippen LogP contribution is 2.16. The van der Waals surface area contributed by atoms with Crippen LogP contribution in [0, 0.1) is 5.82 Å². The first kappa shape index (κ1) is 16.2. The van der Waals surface area contributed by atoms with Crippen molar-refractivity contribution in [2.75, 3.05) is 11.9 Å². The second-order valence-electron chi connectivity index (χ2n) is 5.55. The Morgan fingerprint density at radius 3 is 2.27 bits per heavy atom. The molecule has 116 valence electrons. The molecule has 0 atom stereocenters. The highest BCUT2D eigenvalue weighted by atomic mass is 19.1. The quantitative estimate of drug-likeness (QED) is 0.854. The molecule has 4 heteroatoms. The van der Waals surface area contributed by atoms with Gasteiger partial charge in [0.1, 0.15) is 5.82 Å². The Hall–Kier alpha value is -2.20. The topological polar surface area (TPSA) is 41.1 Å². The summed E-state index contributed by atoms with van der Waals surface area (Å²) in [4.78, 5) is 11.8. The predicted molar refractivity (Wildman–Crippen MR) is 87.3 cm³/mol. The molecule has 1 amide bonds. The van der Waals surface area contributed by atoms with Crippen LogP contribution in [0.3, 0.4) is 0 Å². The van der Waals surface area contributed by atoms with Crippen molar-refractivity contribution in [3.8, 4) is 0 Å². The minimum atomic E-state index is -0.258. The lowest BCUT2D eigenvalue weighted by molar-refractivity contribution is -0.115. The Morgan fingerprint density at radius 2 is 1.68 bits per heavy atom. The molecule has 22 heavy (non-hydrogen) atoms. The summed E-state index contributed by atoms with van der Waals surface area (Å²) in [6.07, 6.45) is 0. The molecule has 0 bridgehead atoms. The van der Waals surface area contributed by atoms with E-state index in [1.54, 1.807) is 12.1 Å². The summed E-state index contributed by atoms with van der Waals surface area (Å²) in [5, 5.41) is 5.88. The first-order chi connectivity index (χ1) is 10.5. The van der Waals surface area contributed by atoms with Crippen LogP contribution in [0.5, 0.6) is 0 Å². The van der Waals surface area contributed by atoms with Crippen molar-refractivity contribution in [1.82, 2.24) is 5.32 Å². The molecule has 0 aliphatic heterocycles. The third-order valence-electron chi connectivity index (χ3n) is 3.39. The zero-order valence-electron chi connectivity index (χ0n) is 12.9. The van der Waals surface area contributed by atoms with Gasteiger partial charge in [-0.25, -0.2) is 4.39 Å². The molecule has 2 aromatic rings. The van der Waals surface area contributed by atoms with E-state index in [1.807, 2.05) is 24.3 Å². The van der Waals surface area contributed by atoms with Crippen LogP contribution in [0.4, 0.5) is 10.1 Å². The minimum absolute atomic E-state index is 0.0978.